The summed E-state index contributed by atoms with van der Waals surface area (Å²) in [7, 11) is 2.09. The van der Waals surface area contributed by atoms with Crippen molar-refractivity contribution < 1.29 is 0 Å². The summed E-state index contributed by atoms with van der Waals surface area (Å²) in [5.41, 5.74) is 3.43. The monoisotopic (exact) mass is 164 g/mol. The third-order valence-corrected chi connectivity index (χ3v) is 1.98. The zero-order valence-corrected chi connectivity index (χ0v) is 8.26. The lowest BCUT2D eigenvalue weighted by Crippen LogP contribution is -2.16. The summed E-state index contributed by atoms with van der Waals surface area (Å²) in [6, 6.07) is 4.22. The maximum Gasteiger partial charge on any atom is 0.0399 e. The van der Waals surface area contributed by atoms with Crippen molar-refractivity contribution in [2.45, 2.75) is 20.8 Å². The van der Waals surface area contributed by atoms with Crippen molar-refractivity contribution in [1.82, 2.24) is 4.98 Å². The van der Waals surface area contributed by atoms with Crippen molar-refractivity contribution in [2.24, 2.45) is 0 Å². The van der Waals surface area contributed by atoms with Crippen LogP contribution in [0.2, 0.25) is 0 Å². The van der Waals surface area contributed by atoms with Gasteiger partial charge in [-0.25, -0.2) is 0 Å². The summed E-state index contributed by atoms with van der Waals surface area (Å²) < 4.78 is 0. The highest BCUT2D eigenvalue weighted by molar-refractivity contribution is 5.47. The molecule has 0 radical (unpaired) electrons. The second-order valence-electron chi connectivity index (χ2n) is 3.12. The van der Waals surface area contributed by atoms with E-state index in [0.717, 1.165) is 17.9 Å². The highest BCUT2D eigenvalue weighted by atomic mass is 15.1. The van der Waals surface area contributed by atoms with Crippen LogP contribution in [-0.4, -0.2) is 18.6 Å². The first-order valence-corrected chi connectivity index (χ1v) is 4.30. The van der Waals surface area contributed by atoms with Crippen molar-refractivity contribution in [2.75, 3.05) is 18.5 Å². The predicted molar refractivity (Wildman–Crippen MR) is 52.7 cm³/mol. The van der Waals surface area contributed by atoms with Crippen LogP contribution in [0.4, 0.5) is 5.69 Å². The predicted octanol–water partition coefficient (Wildman–Crippen LogP) is 2.15. The van der Waals surface area contributed by atoms with Gasteiger partial charge in [0, 0.05) is 30.7 Å². The molecule has 66 valence electrons. The SMILES string of the molecule is CCN(C)c1cc(C)nc(C)c1. The Kier molecular flexibility index (Phi) is 2.69. The number of aromatic nitrogens is 1. The lowest BCUT2D eigenvalue weighted by molar-refractivity contribution is 0.956. The van der Waals surface area contributed by atoms with Gasteiger partial charge in [0.1, 0.15) is 0 Å². The Morgan fingerprint density at radius 3 is 2.17 bits per heavy atom. The Balaban J connectivity index is 3.00. The molecule has 12 heavy (non-hydrogen) atoms. The quantitative estimate of drug-likeness (QED) is 0.666. The number of anilines is 1. The molecule has 0 unspecified atom stereocenters. The van der Waals surface area contributed by atoms with E-state index in [1.54, 1.807) is 0 Å². The van der Waals surface area contributed by atoms with E-state index < -0.39 is 0 Å². The Morgan fingerprint density at radius 1 is 1.25 bits per heavy atom. The molecule has 0 fully saturated rings. The van der Waals surface area contributed by atoms with Gasteiger partial charge in [-0.1, -0.05) is 0 Å². The maximum absolute atomic E-state index is 4.32. The van der Waals surface area contributed by atoms with Gasteiger partial charge in [0.25, 0.3) is 0 Å². The van der Waals surface area contributed by atoms with Crippen LogP contribution in [0, 0.1) is 13.8 Å². The molecule has 2 nitrogen and oxygen atoms in total. The molecule has 0 saturated heterocycles. The van der Waals surface area contributed by atoms with Crippen molar-refractivity contribution in [3.8, 4) is 0 Å². The fourth-order valence-electron chi connectivity index (χ4n) is 1.22. The van der Waals surface area contributed by atoms with Crippen molar-refractivity contribution >= 4 is 5.69 Å². The molecule has 1 heterocycles. The molecule has 1 rings (SSSR count). The summed E-state index contributed by atoms with van der Waals surface area (Å²) in [5, 5.41) is 0. The third-order valence-electron chi connectivity index (χ3n) is 1.98. The minimum Gasteiger partial charge on any atom is -0.375 e. The van der Waals surface area contributed by atoms with Crippen molar-refractivity contribution in [1.29, 1.82) is 0 Å². The first-order chi connectivity index (χ1) is 5.63. The van der Waals surface area contributed by atoms with Crippen LogP contribution >= 0.6 is 0 Å². The van der Waals surface area contributed by atoms with Gasteiger partial charge in [0.05, 0.1) is 0 Å². The Hall–Kier alpha value is -1.05. The molecule has 2 heteroatoms. The average molecular weight is 164 g/mol. The van der Waals surface area contributed by atoms with E-state index in [2.05, 4.69) is 36.0 Å². The van der Waals surface area contributed by atoms with Gasteiger partial charge >= 0.3 is 0 Å². The molecule has 0 N–H and O–H groups in total. The molecule has 0 saturated carbocycles. The minimum absolute atomic E-state index is 1.03. The maximum atomic E-state index is 4.32. The van der Waals surface area contributed by atoms with Gasteiger partial charge < -0.3 is 4.90 Å². The molecule has 0 bridgehead atoms. The lowest BCUT2D eigenvalue weighted by atomic mass is 10.2. The molecule has 0 spiro atoms. The van der Waals surface area contributed by atoms with Crippen LogP contribution in [0.25, 0.3) is 0 Å². The topological polar surface area (TPSA) is 16.1 Å². The summed E-state index contributed by atoms with van der Waals surface area (Å²) in [6.45, 7) is 7.23. The van der Waals surface area contributed by atoms with Gasteiger partial charge in [0.2, 0.25) is 0 Å². The molecule has 1 aromatic heterocycles. The first-order valence-electron chi connectivity index (χ1n) is 4.30. The average Bonchev–Trinajstić information content (AvgIpc) is 2.01. The number of hydrogen-bond donors (Lipinski definition) is 0. The summed E-state index contributed by atoms with van der Waals surface area (Å²) in [4.78, 5) is 6.53. The van der Waals surface area contributed by atoms with E-state index in [1.165, 1.54) is 5.69 Å². The normalized spacial score (nSPS) is 10.0. The zero-order chi connectivity index (χ0) is 9.14. The molecule has 1 aromatic rings. The van der Waals surface area contributed by atoms with Crippen LogP contribution in [0.5, 0.6) is 0 Å². The van der Waals surface area contributed by atoms with Gasteiger partial charge in [-0.05, 0) is 32.9 Å². The summed E-state index contributed by atoms with van der Waals surface area (Å²) >= 11 is 0. The van der Waals surface area contributed by atoms with Gasteiger partial charge in [-0.3, -0.25) is 4.98 Å². The van der Waals surface area contributed by atoms with Crippen molar-refractivity contribution in [3.05, 3.63) is 23.5 Å². The van der Waals surface area contributed by atoms with Crippen LogP contribution < -0.4 is 4.90 Å². The van der Waals surface area contributed by atoms with Gasteiger partial charge in [-0.2, -0.15) is 0 Å². The zero-order valence-electron chi connectivity index (χ0n) is 8.26. The second-order valence-corrected chi connectivity index (χ2v) is 3.12. The smallest absolute Gasteiger partial charge is 0.0399 e. The largest absolute Gasteiger partial charge is 0.375 e. The minimum atomic E-state index is 1.03. The summed E-state index contributed by atoms with van der Waals surface area (Å²) in [6.07, 6.45) is 0. The van der Waals surface area contributed by atoms with E-state index in [-0.39, 0.29) is 0 Å². The van der Waals surface area contributed by atoms with Gasteiger partial charge in [-0.15, -0.1) is 0 Å². The Morgan fingerprint density at radius 2 is 1.75 bits per heavy atom. The first kappa shape index (κ1) is 9.04. The number of nitrogens with zero attached hydrogens (tertiary/aromatic N) is 2. The Bertz CT molecular complexity index is 248. The second kappa shape index (κ2) is 3.57. The number of rotatable bonds is 2. The highest BCUT2D eigenvalue weighted by Crippen LogP contribution is 2.14. The fraction of sp³-hybridized carbons (Fsp3) is 0.500. The molecule has 0 atom stereocenters. The van der Waals surface area contributed by atoms with Crippen LogP contribution in [0.3, 0.4) is 0 Å². The van der Waals surface area contributed by atoms with Gasteiger partial charge in [0.15, 0.2) is 0 Å². The highest BCUT2D eigenvalue weighted by Gasteiger charge is 1.99. The van der Waals surface area contributed by atoms with Crippen LogP contribution in [0.1, 0.15) is 18.3 Å². The van der Waals surface area contributed by atoms with Crippen LogP contribution in [0.15, 0.2) is 12.1 Å². The molecule has 0 aromatic carbocycles. The van der Waals surface area contributed by atoms with E-state index in [4.69, 9.17) is 0 Å². The standard InChI is InChI=1S/C10H16N2/c1-5-12(4)10-6-8(2)11-9(3)7-10/h6-7H,5H2,1-4H3. The number of hydrogen-bond acceptors (Lipinski definition) is 2. The third kappa shape index (κ3) is 1.97. The van der Waals surface area contributed by atoms with E-state index >= 15 is 0 Å². The molecule has 0 aliphatic heterocycles. The van der Waals surface area contributed by atoms with E-state index in [1.807, 2.05) is 13.8 Å². The number of aryl methyl sites for hydroxylation is 2. The molecule has 0 aliphatic rings. The molecule has 0 amide bonds. The summed E-state index contributed by atoms with van der Waals surface area (Å²) in [5.74, 6) is 0. The molecule has 0 aliphatic carbocycles. The molecular formula is C10H16N2. The fourth-order valence-corrected chi connectivity index (χ4v) is 1.22. The number of pyridine rings is 1. The molecular weight excluding hydrogens is 148 g/mol. The lowest BCUT2D eigenvalue weighted by Gasteiger charge is -2.17. The van der Waals surface area contributed by atoms with Crippen molar-refractivity contribution in [3.63, 3.8) is 0 Å². The van der Waals surface area contributed by atoms with Crippen LogP contribution in [-0.2, 0) is 0 Å². The Labute approximate surface area is 74.2 Å². The van der Waals surface area contributed by atoms with E-state index in [0.29, 0.717) is 0 Å². The van der Waals surface area contributed by atoms with E-state index in [9.17, 15) is 0 Å².